The summed E-state index contributed by atoms with van der Waals surface area (Å²) in [6, 6.07) is 3.23. The lowest BCUT2D eigenvalue weighted by atomic mass is 9.75. The lowest BCUT2D eigenvalue weighted by Gasteiger charge is -2.47. The van der Waals surface area contributed by atoms with Crippen molar-refractivity contribution >= 4 is 15.9 Å². The summed E-state index contributed by atoms with van der Waals surface area (Å²) < 4.78 is 32.7. The van der Waals surface area contributed by atoms with Crippen LogP contribution in [0.2, 0.25) is 0 Å². The zero-order valence-electron chi connectivity index (χ0n) is 17.2. The SMILES string of the molecule is CCN1C(=O)[C@H]2CN(CCOC)C[C@H]2C12CCN(S(=O)(=O)c1cccnc1)CC2. The molecule has 9 heteroatoms. The molecule has 29 heavy (non-hydrogen) atoms. The first-order chi connectivity index (χ1) is 13.9. The number of pyridine rings is 1. The fourth-order valence-corrected chi connectivity index (χ4v) is 6.98. The number of amides is 1. The number of ether oxygens (including phenoxy) is 1. The largest absolute Gasteiger partial charge is 0.383 e. The molecule has 4 rings (SSSR count). The first-order valence-electron chi connectivity index (χ1n) is 10.4. The van der Waals surface area contributed by atoms with Gasteiger partial charge in [0.15, 0.2) is 0 Å². The zero-order valence-corrected chi connectivity index (χ0v) is 18.0. The molecule has 0 saturated carbocycles. The van der Waals surface area contributed by atoms with Crippen molar-refractivity contribution in [3.63, 3.8) is 0 Å². The van der Waals surface area contributed by atoms with Crippen LogP contribution in [-0.2, 0) is 19.6 Å². The van der Waals surface area contributed by atoms with Crippen molar-refractivity contribution in [1.82, 2.24) is 19.1 Å². The van der Waals surface area contributed by atoms with E-state index in [0.29, 0.717) is 39.1 Å². The van der Waals surface area contributed by atoms with Crippen LogP contribution in [0.15, 0.2) is 29.4 Å². The predicted molar refractivity (Wildman–Crippen MR) is 108 cm³/mol. The third-order valence-corrected chi connectivity index (χ3v) is 8.88. The number of methoxy groups -OCH3 is 1. The fraction of sp³-hybridized carbons (Fsp3) is 0.700. The van der Waals surface area contributed by atoms with Gasteiger partial charge in [0.05, 0.1) is 18.1 Å². The third-order valence-electron chi connectivity index (χ3n) is 6.99. The van der Waals surface area contributed by atoms with E-state index in [1.165, 1.54) is 6.20 Å². The summed E-state index contributed by atoms with van der Waals surface area (Å²) in [5.74, 6) is 0.518. The number of fused-ring (bicyclic) bond motifs is 2. The maximum Gasteiger partial charge on any atom is 0.244 e. The Kier molecular flexibility index (Phi) is 5.67. The van der Waals surface area contributed by atoms with Crippen molar-refractivity contribution in [3.8, 4) is 0 Å². The summed E-state index contributed by atoms with van der Waals surface area (Å²) in [6.45, 7) is 6.73. The number of hydrogen-bond acceptors (Lipinski definition) is 6. The molecular weight excluding hydrogens is 392 g/mol. The molecular formula is C20H30N4O4S. The summed E-state index contributed by atoms with van der Waals surface area (Å²) in [5.41, 5.74) is -0.237. The number of rotatable bonds is 6. The van der Waals surface area contributed by atoms with Crippen LogP contribution in [0.5, 0.6) is 0 Å². The number of hydrogen-bond donors (Lipinski definition) is 0. The summed E-state index contributed by atoms with van der Waals surface area (Å²) in [7, 11) is -1.86. The number of aromatic nitrogens is 1. The van der Waals surface area contributed by atoms with Gasteiger partial charge in [0.25, 0.3) is 0 Å². The van der Waals surface area contributed by atoms with Gasteiger partial charge in [-0.05, 0) is 31.9 Å². The van der Waals surface area contributed by atoms with E-state index >= 15 is 0 Å². The van der Waals surface area contributed by atoms with E-state index < -0.39 is 10.0 Å². The normalized spacial score (nSPS) is 27.7. The Morgan fingerprint density at radius 1 is 1.28 bits per heavy atom. The molecule has 0 bridgehead atoms. The molecule has 0 aromatic carbocycles. The average molecular weight is 423 g/mol. The predicted octanol–water partition coefficient (Wildman–Crippen LogP) is 0.661. The molecule has 0 aliphatic carbocycles. The minimum Gasteiger partial charge on any atom is -0.383 e. The van der Waals surface area contributed by atoms with Gasteiger partial charge >= 0.3 is 0 Å². The van der Waals surface area contributed by atoms with Crippen molar-refractivity contribution < 1.29 is 17.9 Å². The van der Waals surface area contributed by atoms with Gasteiger partial charge in [-0.3, -0.25) is 14.7 Å². The maximum absolute atomic E-state index is 13.1. The monoisotopic (exact) mass is 422 g/mol. The maximum atomic E-state index is 13.1. The van der Waals surface area contributed by atoms with Crippen LogP contribution in [0, 0.1) is 11.8 Å². The summed E-state index contributed by atoms with van der Waals surface area (Å²) in [5, 5.41) is 0. The minimum atomic E-state index is -3.55. The quantitative estimate of drug-likeness (QED) is 0.670. The van der Waals surface area contributed by atoms with Gasteiger partial charge in [-0.15, -0.1) is 0 Å². The fourth-order valence-electron chi connectivity index (χ4n) is 5.58. The van der Waals surface area contributed by atoms with Crippen molar-refractivity contribution in [2.45, 2.75) is 30.2 Å². The summed E-state index contributed by atoms with van der Waals surface area (Å²) in [6.07, 6.45) is 4.34. The van der Waals surface area contributed by atoms with E-state index in [2.05, 4.69) is 9.88 Å². The Morgan fingerprint density at radius 2 is 2.03 bits per heavy atom. The van der Waals surface area contributed by atoms with Crippen molar-refractivity contribution in [3.05, 3.63) is 24.5 Å². The molecule has 4 heterocycles. The molecule has 8 nitrogen and oxygen atoms in total. The van der Waals surface area contributed by atoms with Crippen LogP contribution >= 0.6 is 0 Å². The molecule has 0 unspecified atom stereocenters. The van der Waals surface area contributed by atoms with Crippen LogP contribution in [0.25, 0.3) is 0 Å². The Hall–Kier alpha value is -1.55. The van der Waals surface area contributed by atoms with Crippen LogP contribution < -0.4 is 0 Å². The summed E-state index contributed by atoms with van der Waals surface area (Å²) >= 11 is 0. The van der Waals surface area contributed by atoms with Gasteiger partial charge in [-0.25, -0.2) is 8.42 Å². The Bertz CT molecular complexity index is 839. The van der Waals surface area contributed by atoms with Crippen LogP contribution in [0.4, 0.5) is 0 Å². The van der Waals surface area contributed by atoms with Gasteiger partial charge in [0, 0.05) is 64.7 Å². The van der Waals surface area contributed by atoms with E-state index in [1.54, 1.807) is 29.7 Å². The lowest BCUT2D eigenvalue weighted by molar-refractivity contribution is -0.135. The number of sulfonamides is 1. The molecule has 1 spiro atoms. The number of nitrogens with zero attached hydrogens (tertiary/aromatic N) is 4. The number of carbonyl (C=O) groups is 1. The standard InChI is InChI=1S/C20H30N4O4S/c1-3-24-19(25)17-14-22(11-12-28-2)15-18(17)20(24)6-9-23(10-7-20)29(26,27)16-5-4-8-21-13-16/h4-5,8,13,17-18H,3,6-7,9-12,14-15H2,1-2H3/t17-,18+/m0/s1. The highest BCUT2D eigenvalue weighted by atomic mass is 32.2. The molecule has 1 amide bonds. The van der Waals surface area contributed by atoms with Gasteiger partial charge < -0.3 is 9.64 Å². The van der Waals surface area contributed by atoms with E-state index in [4.69, 9.17) is 4.74 Å². The van der Waals surface area contributed by atoms with Crippen molar-refractivity contribution in [2.75, 3.05) is 53.0 Å². The number of likely N-dealkylation sites (tertiary alicyclic amines) is 2. The third kappa shape index (κ3) is 3.37. The van der Waals surface area contributed by atoms with Crippen molar-refractivity contribution in [1.29, 1.82) is 0 Å². The van der Waals surface area contributed by atoms with Crippen LogP contribution in [0.3, 0.4) is 0 Å². The molecule has 1 aromatic rings. The molecule has 0 N–H and O–H groups in total. The number of carbonyl (C=O) groups excluding carboxylic acids is 1. The molecule has 1 aromatic heterocycles. The highest BCUT2D eigenvalue weighted by Crippen LogP contribution is 2.49. The summed E-state index contributed by atoms with van der Waals surface area (Å²) in [4.78, 5) is 21.7. The Labute approximate surface area is 172 Å². The van der Waals surface area contributed by atoms with Gasteiger partial charge in [-0.1, -0.05) is 0 Å². The topological polar surface area (TPSA) is 83.0 Å². The van der Waals surface area contributed by atoms with Crippen LogP contribution in [0.1, 0.15) is 19.8 Å². The molecule has 3 aliphatic heterocycles. The highest BCUT2D eigenvalue weighted by molar-refractivity contribution is 7.89. The van der Waals surface area contributed by atoms with E-state index in [-0.39, 0.29) is 28.2 Å². The van der Waals surface area contributed by atoms with E-state index in [9.17, 15) is 13.2 Å². The highest BCUT2D eigenvalue weighted by Gasteiger charge is 2.61. The van der Waals surface area contributed by atoms with Crippen LogP contribution in [-0.4, -0.2) is 91.9 Å². The Morgan fingerprint density at radius 3 is 2.66 bits per heavy atom. The molecule has 3 fully saturated rings. The number of piperidine rings is 1. The zero-order chi connectivity index (χ0) is 20.6. The molecule has 160 valence electrons. The van der Waals surface area contributed by atoms with Crippen molar-refractivity contribution in [2.24, 2.45) is 11.8 Å². The lowest BCUT2D eigenvalue weighted by Crippen LogP contribution is -2.57. The second kappa shape index (κ2) is 7.94. The van der Waals surface area contributed by atoms with E-state index in [0.717, 1.165) is 19.6 Å². The van der Waals surface area contributed by atoms with Gasteiger partial charge in [0.1, 0.15) is 4.90 Å². The Balaban J connectivity index is 1.53. The molecule has 0 radical (unpaired) electrons. The van der Waals surface area contributed by atoms with E-state index in [1.807, 2.05) is 11.8 Å². The smallest absolute Gasteiger partial charge is 0.244 e. The molecule has 2 atom stereocenters. The first kappa shape index (κ1) is 20.7. The second-order valence-corrected chi connectivity index (χ2v) is 10.2. The molecule has 3 aliphatic rings. The first-order valence-corrected chi connectivity index (χ1v) is 11.8. The second-order valence-electron chi connectivity index (χ2n) is 8.24. The molecule has 3 saturated heterocycles. The average Bonchev–Trinajstić information content (AvgIpc) is 3.25. The van der Waals surface area contributed by atoms with Gasteiger partial charge in [0.2, 0.25) is 15.9 Å². The van der Waals surface area contributed by atoms with Gasteiger partial charge in [-0.2, -0.15) is 4.31 Å². The minimum absolute atomic E-state index is 0.0216.